The van der Waals surface area contributed by atoms with Gasteiger partial charge < -0.3 is 5.11 Å². The van der Waals surface area contributed by atoms with Gasteiger partial charge in [-0.1, -0.05) is 44.4 Å². The molecule has 0 radical (unpaired) electrons. The molecule has 9 heteroatoms. The Morgan fingerprint density at radius 2 is 1.51 bits per heavy atom. The van der Waals surface area contributed by atoms with Crippen molar-refractivity contribution in [3.8, 4) is 11.1 Å². The van der Waals surface area contributed by atoms with Crippen LogP contribution in [-0.4, -0.2) is 19.5 Å². The van der Waals surface area contributed by atoms with Gasteiger partial charge in [-0.2, -0.15) is 13.2 Å². The van der Waals surface area contributed by atoms with Crippen molar-refractivity contribution in [2.24, 2.45) is 0 Å². The highest BCUT2D eigenvalue weighted by atomic mass is 32.2. The highest BCUT2D eigenvalue weighted by Crippen LogP contribution is 2.35. The predicted octanol–water partition coefficient (Wildman–Crippen LogP) is 7.09. The summed E-state index contributed by atoms with van der Waals surface area (Å²) in [5.41, 5.74) is -0.0713. The molecule has 0 amide bonds. The van der Waals surface area contributed by atoms with E-state index in [1.807, 2.05) is 6.92 Å². The van der Waals surface area contributed by atoms with E-state index >= 15 is 0 Å². The van der Waals surface area contributed by atoms with Crippen LogP contribution in [0.5, 0.6) is 0 Å². The molecule has 3 aromatic carbocycles. The van der Waals surface area contributed by atoms with Gasteiger partial charge in [-0.3, -0.25) is 4.79 Å². The topological polar surface area (TPSA) is 71.4 Å². The number of aliphatic carboxylic acids is 1. The smallest absolute Gasteiger partial charge is 0.416 e. The summed E-state index contributed by atoms with van der Waals surface area (Å²) in [5, 5.41) is 9.84. The number of benzene rings is 3. The minimum atomic E-state index is -4.54. The zero-order valence-corrected chi connectivity index (χ0v) is 19.7. The number of rotatable bonds is 9. The molecule has 0 aliphatic carbocycles. The van der Waals surface area contributed by atoms with E-state index in [0.29, 0.717) is 12.0 Å². The summed E-state index contributed by atoms with van der Waals surface area (Å²) in [6, 6.07) is 12.4. The van der Waals surface area contributed by atoms with E-state index in [-0.39, 0.29) is 27.3 Å². The van der Waals surface area contributed by atoms with Crippen LogP contribution in [0.3, 0.4) is 0 Å². The molecule has 186 valence electrons. The lowest BCUT2D eigenvalue weighted by molar-refractivity contribution is -0.139. The number of unbranched alkanes of at least 4 members (excludes halogenated alkanes) is 2. The average Bonchev–Trinajstić information content (AvgIpc) is 2.81. The lowest BCUT2D eigenvalue weighted by Crippen LogP contribution is -2.13. The van der Waals surface area contributed by atoms with E-state index in [9.17, 15) is 35.9 Å². The standard InChI is InChI=1S/C26H24F4O4S/c1-2-3-4-5-24(25(31)32)19-14-18(17-6-8-20(9-7-17)26(28,29)30)15-23(16-19)35(33,34)22-12-10-21(27)11-13-22/h6-16,24H,2-5H2,1H3,(H,31,32). The third-order valence-electron chi connectivity index (χ3n) is 5.71. The van der Waals surface area contributed by atoms with Crippen molar-refractivity contribution in [1.82, 2.24) is 0 Å². The van der Waals surface area contributed by atoms with Crippen molar-refractivity contribution >= 4 is 15.8 Å². The molecule has 3 rings (SSSR count). The number of carboxylic acids is 1. The lowest BCUT2D eigenvalue weighted by atomic mass is 9.90. The number of hydrogen-bond acceptors (Lipinski definition) is 3. The maximum Gasteiger partial charge on any atom is 0.416 e. The maximum atomic E-state index is 13.3. The van der Waals surface area contributed by atoms with Crippen LogP contribution in [-0.2, 0) is 20.8 Å². The number of halogens is 4. The highest BCUT2D eigenvalue weighted by Gasteiger charge is 2.30. The minimum absolute atomic E-state index is 0.188. The third-order valence-corrected chi connectivity index (χ3v) is 7.45. The molecule has 0 heterocycles. The first-order chi connectivity index (χ1) is 16.4. The van der Waals surface area contributed by atoms with Gasteiger partial charge in [-0.15, -0.1) is 0 Å². The molecule has 0 aliphatic heterocycles. The monoisotopic (exact) mass is 508 g/mol. The molecule has 1 N–H and O–H groups in total. The molecule has 0 spiro atoms. The molecule has 0 saturated carbocycles. The molecule has 35 heavy (non-hydrogen) atoms. The van der Waals surface area contributed by atoms with E-state index in [0.717, 1.165) is 49.2 Å². The van der Waals surface area contributed by atoms with Crippen molar-refractivity contribution < 1.29 is 35.9 Å². The number of sulfone groups is 1. The van der Waals surface area contributed by atoms with Gasteiger partial charge in [0.15, 0.2) is 0 Å². The molecule has 0 aliphatic rings. The summed E-state index contributed by atoms with van der Waals surface area (Å²) < 4.78 is 78.9. The minimum Gasteiger partial charge on any atom is -0.481 e. The zero-order chi connectivity index (χ0) is 25.8. The van der Waals surface area contributed by atoms with Gasteiger partial charge in [-0.05, 0) is 71.6 Å². The van der Waals surface area contributed by atoms with Crippen molar-refractivity contribution in [1.29, 1.82) is 0 Å². The van der Waals surface area contributed by atoms with Crippen molar-refractivity contribution in [2.45, 2.75) is 54.5 Å². The van der Waals surface area contributed by atoms with Gasteiger partial charge in [-0.25, -0.2) is 12.8 Å². The van der Waals surface area contributed by atoms with Crippen LogP contribution in [0.25, 0.3) is 11.1 Å². The quantitative estimate of drug-likeness (QED) is 0.190. The number of alkyl halides is 3. The SMILES string of the molecule is CCCCCC(C(=O)O)c1cc(-c2ccc(C(F)(F)F)cc2)cc(S(=O)(=O)c2ccc(F)cc2)c1. The van der Waals surface area contributed by atoms with Crippen LogP contribution < -0.4 is 0 Å². The van der Waals surface area contributed by atoms with Gasteiger partial charge in [0.2, 0.25) is 9.84 Å². The Morgan fingerprint density at radius 1 is 0.886 bits per heavy atom. The summed E-state index contributed by atoms with van der Waals surface area (Å²) in [5.74, 6) is -2.75. The highest BCUT2D eigenvalue weighted by molar-refractivity contribution is 7.91. The Morgan fingerprint density at radius 3 is 2.06 bits per heavy atom. The number of carbonyl (C=O) groups is 1. The molecule has 0 fully saturated rings. The van der Waals surface area contributed by atoms with E-state index in [1.165, 1.54) is 30.3 Å². The average molecular weight is 509 g/mol. The largest absolute Gasteiger partial charge is 0.481 e. The summed E-state index contributed by atoms with van der Waals surface area (Å²) in [6.45, 7) is 1.97. The van der Waals surface area contributed by atoms with Crippen molar-refractivity contribution in [3.63, 3.8) is 0 Å². The normalized spacial score (nSPS) is 12.9. The van der Waals surface area contributed by atoms with Gasteiger partial charge in [0.1, 0.15) is 5.82 Å². The summed E-state index contributed by atoms with van der Waals surface area (Å²) >= 11 is 0. The molecular formula is C26H24F4O4S. The fourth-order valence-electron chi connectivity index (χ4n) is 3.78. The Kier molecular flexibility index (Phi) is 8.00. The summed E-state index contributed by atoms with van der Waals surface area (Å²) in [7, 11) is -4.16. The second-order valence-electron chi connectivity index (χ2n) is 8.21. The first-order valence-corrected chi connectivity index (χ1v) is 12.5. The molecule has 3 aromatic rings. The second-order valence-corrected chi connectivity index (χ2v) is 10.2. The molecule has 1 unspecified atom stereocenters. The molecule has 0 bridgehead atoms. The predicted molar refractivity (Wildman–Crippen MR) is 123 cm³/mol. The van der Waals surface area contributed by atoms with Crippen LogP contribution in [0.4, 0.5) is 17.6 Å². The fourth-order valence-corrected chi connectivity index (χ4v) is 5.12. The number of hydrogen-bond donors (Lipinski definition) is 1. The molecular weight excluding hydrogens is 484 g/mol. The number of carboxylic acid groups (broad SMARTS) is 1. The molecule has 0 aromatic heterocycles. The Balaban J connectivity index is 2.17. The van der Waals surface area contributed by atoms with E-state index in [4.69, 9.17) is 0 Å². The van der Waals surface area contributed by atoms with Crippen molar-refractivity contribution in [2.75, 3.05) is 0 Å². The van der Waals surface area contributed by atoms with E-state index in [1.54, 1.807) is 0 Å². The fraction of sp³-hybridized carbons (Fsp3) is 0.269. The van der Waals surface area contributed by atoms with E-state index < -0.39 is 39.3 Å². The molecule has 0 saturated heterocycles. The molecule has 1 atom stereocenters. The van der Waals surface area contributed by atoms with Gasteiger partial charge >= 0.3 is 12.1 Å². The van der Waals surface area contributed by atoms with Crippen LogP contribution >= 0.6 is 0 Å². The zero-order valence-electron chi connectivity index (χ0n) is 18.8. The summed E-state index contributed by atoms with van der Waals surface area (Å²) in [4.78, 5) is 11.6. The maximum absolute atomic E-state index is 13.3. The van der Waals surface area contributed by atoms with Gasteiger partial charge in [0.05, 0.1) is 21.3 Å². The van der Waals surface area contributed by atoms with Gasteiger partial charge in [0, 0.05) is 0 Å². The third kappa shape index (κ3) is 6.28. The lowest BCUT2D eigenvalue weighted by Gasteiger charge is -2.17. The molecule has 4 nitrogen and oxygen atoms in total. The second kappa shape index (κ2) is 10.6. The van der Waals surface area contributed by atoms with E-state index in [2.05, 4.69) is 0 Å². The van der Waals surface area contributed by atoms with Crippen LogP contribution in [0.2, 0.25) is 0 Å². The first kappa shape index (κ1) is 26.4. The van der Waals surface area contributed by atoms with Gasteiger partial charge in [0.25, 0.3) is 0 Å². The van der Waals surface area contributed by atoms with Crippen LogP contribution in [0.1, 0.15) is 49.7 Å². The van der Waals surface area contributed by atoms with Crippen LogP contribution in [0.15, 0.2) is 76.5 Å². The Labute approximate surface area is 201 Å². The summed E-state index contributed by atoms with van der Waals surface area (Å²) in [6.07, 6.45) is -2.00. The van der Waals surface area contributed by atoms with Crippen molar-refractivity contribution in [3.05, 3.63) is 83.7 Å². The Bertz CT molecular complexity index is 1280. The first-order valence-electron chi connectivity index (χ1n) is 11.0. The van der Waals surface area contributed by atoms with Crippen LogP contribution in [0, 0.1) is 5.82 Å². The Hall–Kier alpha value is -3.20.